The second-order valence-electron chi connectivity index (χ2n) is 7.83. The summed E-state index contributed by atoms with van der Waals surface area (Å²) in [6, 6.07) is 17.2. The lowest BCUT2D eigenvalue weighted by Gasteiger charge is -2.21. The Morgan fingerprint density at radius 1 is 0.972 bits per heavy atom. The fraction of sp³-hybridized carbons (Fsp3) is 0.296. The van der Waals surface area contributed by atoms with Gasteiger partial charge in [0.2, 0.25) is 0 Å². The zero-order chi connectivity index (χ0) is 26.1. The Kier molecular flexibility index (Phi) is 9.52. The molecule has 0 unspecified atom stereocenters. The molecule has 0 spiro atoms. The highest BCUT2D eigenvalue weighted by Gasteiger charge is 2.32. The molecule has 3 aromatic rings. The number of hydrogen-bond acceptors (Lipinski definition) is 5. The molecule has 0 bridgehead atoms. The number of alkyl halides is 3. The quantitative estimate of drug-likeness (QED) is 0.194. The second-order valence-corrected chi connectivity index (χ2v) is 9.07. The number of rotatable bonds is 12. The van der Waals surface area contributed by atoms with Gasteiger partial charge in [0.25, 0.3) is 0 Å². The number of halogens is 3. The number of aliphatic carboxylic acids is 1. The summed E-state index contributed by atoms with van der Waals surface area (Å²) in [7, 11) is 0. The third-order valence-corrected chi connectivity index (χ3v) is 6.18. The molecule has 0 radical (unpaired) electrons. The molecule has 0 heterocycles. The first-order valence-electron chi connectivity index (χ1n) is 11.4. The van der Waals surface area contributed by atoms with Crippen LogP contribution in [-0.2, 0) is 17.4 Å². The minimum atomic E-state index is -4.52. The molecule has 36 heavy (non-hydrogen) atoms. The van der Waals surface area contributed by atoms with Crippen molar-refractivity contribution in [2.24, 2.45) is 0 Å². The van der Waals surface area contributed by atoms with E-state index >= 15 is 0 Å². The molecule has 0 aliphatic carbocycles. The number of para-hydroxylation sites is 1. The molecule has 0 saturated heterocycles. The molecule has 0 amide bonds. The van der Waals surface area contributed by atoms with E-state index in [4.69, 9.17) is 19.3 Å². The van der Waals surface area contributed by atoms with Crippen LogP contribution in [0.15, 0.2) is 71.6 Å². The van der Waals surface area contributed by atoms with E-state index in [1.807, 2.05) is 19.9 Å². The van der Waals surface area contributed by atoms with Crippen LogP contribution in [0, 0.1) is 0 Å². The average molecular weight is 521 g/mol. The Bertz CT molecular complexity index is 1150. The van der Waals surface area contributed by atoms with Gasteiger partial charge in [-0.3, -0.25) is 0 Å². The first-order chi connectivity index (χ1) is 17.2. The second kappa shape index (κ2) is 12.6. The van der Waals surface area contributed by atoms with Crippen molar-refractivity contribution < 1.29 is 37.3 Å². The predicted octanol–water partition coefficient (Wildman–Crippen LogP) is 7.82. The van der Waals surface area contributed by atoms with Gasteiger partial charge >= 0.3 is 12.1 Å². The maximum absolute atomic E-state index is 13.4. The third-order valence-electron chi connectivity index (χ3n) is 5.06. The average Bonchev–Trinajstić information content (AvgIpc) is 2.84. The van der Waals surface area contributed by atoms with Crippen LogP contribution in [0.3, 0.4) is 0 Å². The Morgan fingerprint density at radius 2 is 1.69 bits per heavy atom. The maximum atomic E-state index is 13.4. The number of hydrogen-bond donors (Lipinski definition) is 1. The summed E-state index contributed by atoms with van der Waals surface area (Å²) in [6.07, 6.45) is -2.47. The minimum Gasteiger partial charge on any atom is -0.482 e. The van der Waals surface area contributed by atoms with E-state index in [0.29, 0.717) is 24.3 Å². The van der Waals surface area contributed by atoms with Gasteiger partial charge in [0, 0.05) is 4.90 Å². The highest BCUT2D eigenvalue weighted by molar-refractivity contribution is 7.99. The number of aryl methyl sites for hydroxylation is 1. The largest absolute Gasteiger partial charge is 0.482 e. The standard InChI is InChI=1S/C27H27F3O5S/c1-3-8-26(36-21-12-14-22(18(4-2)15-21)33-17-25(31)32)35-23-13-11-19(27(28,29)30)16-24(23)34-20-9-6-5-7-10-20/h5-7,9-16,26H,3-4,8,17H2,1-2H3,(H,31,32)/t26-/m0/s1. The minimum absolute atomic E-state index is 0.0237. The van der Waals surface area contributed by atoms with Crippen molar-refractivity contribution in [3.05, 3.63) is 77.9 Å². The predicted molar refractivity (Wildman–Crippen MR) is 132 cm³/mol. The van der Waals surface area contributed by atoms with Crippen molar-refractivity contribution in [1.29, 1.82) is 0 Å². The number of thioether (sulfide) groups is 1. The molecular weight excluding hydrogens is 493 g/mol. The first kappa shape index (κ1) is 27.3. The van der Waals surface area contributed by atoms with Gasteiger partial charge in [0.1, 0.15) is 16.9 Å². The van der Waals surface area contributed by atoms with E-state index in [1.165, 1.54) is 17.8 Å². The monoisotopic (exact) mass is 520 g/mol. The molecule has 3 aromatic carbocycles. The number of carboxylic acid groups (broad SMARTS) is 1. The summed E-state index contributed by atoms with van der Waals surface area (Å²) in [5.41, 5.74) is -0.385. The lowest BCUT2D eigenvalue weighted by Crippen LogP contribution is -2.13. The molecule has 5 nitrogen and oxygen atoms in total. The Labute approximate surface area is 212 Å². The van der Waals surface area contributed by atoms with Crippen LogP contribution in [0.25, 0.3) is 0 Å². The van der Waals surface area contributed by atoms with E-state index in [2.05, 4.69) is 0 Å². The van der Waals surface area contributed by atoms with Crippen LogP contribution in [-0.4, -0.2) is 23.1 Å². The summed E-state index contributed by atoms with van der Waals surface area (Å²) in [4.78, 5) is 11.7. The van der Waals surface area contributed by atoms with Crippen molar-refractivity contribution in [1.82, 2.24) is 0 Å². The zero-order valence-corrected chi connectivity index (χ0v) is 20.7. The van der Waals surface area contributed by atoms with E-state index < -0.39 is 29.8 Å². The van der Waals surface area contributed by atoms with E-state index in [1.54, 1.807) is 42.5 Å². The maximum Gasteiger partial charge on any atom is 0.416 e. The third kappa shape index (κ3) is 7.84. The molecule has 0 aliphatic heterocycles. The van der Waals surface area contributed by atoms with Gasteiger partial charge < -0.3 is 19.3 Å². The molecule has 9 heteroatoms. The van der Waals surface area contributed by atoms with Gasteiger partial charge in [0.05, 0.1) is 5.56 Å². The Morgan fingerprint density at radius 3 is 2.33 bits per heavy atom. The molecule has 0 fully saturated rings. The van der Waals surface area contributed by atoms with Gasteiger partial charge in [-0.15, -0.1) is 0 Å². The van der Waals surface area contributed by atoms with Crippen LogP contribution in [0.1, 0.15) is 37.8 Å². The highest BCUT2D eigenvalue weighted by Crippen LogP contribution is 2.41. The fourth-order valence-corrected chi connectivity index (χ4v) is 4.50. The number of ether oxygens (including phenoxy) is 3. The lowest BCUT2D eigenvalue weighted by molar-refractivity contribution is -0.139. The molecule has 192 valence electrons. The Balaban J connectivity index is 1.85. The van der Waals surface area contributed by atoms with Gasteiger partial charge in [-0.1, -0.05) is 50.2 Å². The van der Waals surface area contributed by atoms with E-state index in [9.17, 15) is 18.0 Å². The summed E-state index contributed by atoms with van der Waals surface area (Å²) in [5.74, 6) is 0.0145. The Hall–Kier alpha value is -3.33. The van der Waals surface area contributed by atoms with Gasteiger partial charge in [-0.2, -0.15) is 13.2 Å². The van der Waals surface area contributed by atoms with Gasteiger partial charge in [-0.05, 0) is 66.9 Å². The van der Waals surface area contributed by atoms with Crippen LogP contribution in [0.4, 0.5) is 13.2 Å². The summed E-state index contributed by atoms with van der Waals surface area (Å²) >= 11 is 1.42. The summed E-state index contributed by atoms with van der Waals surface area (Å²) < 4.78 is 57.4. The van der Waals surface area contributed by atoms with Crippen molar-refractivity contribution >= 4 is 17.7 Å². The molecular formula is C27H27F3O5S. The number of carbonyl (C=O) groups is 1. The van der Waals surface area contributed by atoms with Crippen molar-refractivity contribution in [3.63, 3.8) is 0 Å². The van der Waals surface area contributed by atoms with Crippen molar-refractivity contribution in [2.45, 2.75) is 49.6 Å². The number of carboxylic acids is 1. The van der Waals surface area contributed by atoms with Crippen LogP contribution < -0.4 is 14.2 Å². The van der Waals surface area contributed by atoms with Gasteiger partial charge in [-0.25, -0.2) is 4.79 Å². The fourth-order valence-electron chi connectivity index (χ4n) is 3.33. The summed E-state index contributed by atoms with van der Waals surface area (Å²) in [6.45, 7) is 3.50. The van der Waals surface area contributed by atoms with Crippen molar-refractivity contribution in [2.75, 3.05) is 6.61 Å². The normalized spacial score (nSPS) is 12.1. The molecule has 1 N–H and O–H groups in total. The molecule has 3 rings (SSSR count). The van der Waals surface area contributed by atoms with Crippen LogP contribution >= 0.6 is 11.8 Å². The summed E-state index contributed by atoms with van der Waals surface area (Å²) in [5, 5.41) is 8.87. The SMILES string of the molecule is CCC[C@@H](Oc1ccc(C(F)(F)F)cc1Oc1ccccc1)Sc1ccc(OCC(=O)O)c(CC)c1. The van der Waals surface area contributed by atoms with Crippen molar-refractivity contribution in [3.8, 4) is 23.0 Å². The lowest BCUT2D eigenvalue weighted by atomic mass is 10.1. The molecule has 0 aliphatic rings. The van der Waals surface area contributed by atoms with Crippen LogP contribution in [0.2, 0.25) is 0 Å². The van der Waals surface area contributed by atoms with Crippen LogP contribution in [0.5, 0.6) is 23.0 Å². The number of benzene rings is 3. The molecule has 0 aromatic heterocycles. The first-order valence-corrected chi connectivity index (χ1v) is 12.3. The molecule has 0 saturated carbocycles. The highest BCUT2D eigenvalue weighted by atomic mass is 32.2. The van der Waals surface area contributed by atoms with E-state index in [-0.39, 0.29) is 11.5 Å². The van der Waals surface area contributed by atoms with E-state index in [0.717, 1.165) is 29.0 Å². The zero-order valence-electron chi connectivity index (χ0n) is 19.9. The topological polar surface area (TPSA) is 65.0 Å². The molecule has 1 atom stereocenters. The van der Waals surface area contributed by atoms with Gasteiger partial charge in [0.15, 0.2) is 18.1 Å². The smallest absolute Gasteiger partial charge is 0.416 e.